The summed E-state index contributed by atoms with van der Waals surface area (Å²) in [5.41, 5.74) is 2.11. The largest absolute Gasteiger partial charge is 0.463 e. The Morgan fingerprint density at radius 3 is 2.81 bits per heavy atom. The Labute approximate surface area is 161 Å². The Morgan fingerprint density at radius 1 is 1.26 bits per heavy atom. The van der Waals surface area contributed by atoms with Crippen LogP contribution in [0.4, 0.5) is 14.6 Å². The van der Waals surface area contributed by atoms with E-state index in [1.807, 2.05) is 14.0 Å². The summed E-state index contributed by atoms with van der Waals surface area (Å²) in [5, 5.41) is 3.35. The van der Waals surface area contributed by atoms with Crippen LogP contribution in [0, 0.1) is 11.6 Å². The number of imidazole rings is 1. The molecule has 144 valence electrons. The van der Waals surface area contributed by atoms with Crippen molar-refractivity contribution in [3.8, 4) is 6.01 Å². The van der Waals surface area contributed by atoms with Crippen LogP contribution in [0.2, 0.25) is 0 Å². The molecular formula is C18H20ClF2N5O. The number of nitrogens with one attached hydrogen (secondary N) is 1. The fourth-order valence-electron chi connectivity index (χ4n) is 2.99. The van der Waals surface area contributed by atoms with Crippen molar-refractivity contribution in [3.63, 3.8) is 0 Å². The number of halogens is 3. The van der Waals surface area contributed by atoms with Crippen molar-refractivity contribution in [1.29, 1.82) is 0 Å². The van der Waals surface area contributed by atoms with Crippen LogP contribution in [0.3, 0.4) is 0 Å². The zero-order valence-electron chi connectivity index (χ0n) is 14.9. The summed E-state index contributed by atoms with van der Waals surface area (Å²) in [7, 11) is 1.86. The number of anilines is 1. The number of aryl methyl sites for hydroxylation is 1. The highest BCUT2D eigenvalue weighted by Gasteiger charge is 2.39. The quantitative estimate of drug-likeness (QED) is 0.687. The van der Waals surface area contributed by atoms with Crippen molar-refractivity contribution < 1.29 is 13.5 Å². The van der Waals surface area contributed by atoms with Gasteiger partial charge < -0.3 is 14.6 Å². The molecule has 2 heterocycles. The molecule has 0 amide bonds. The van der Waals surface area contributed by atoms with Gasteiger partial charge in [0.15, 0.2) is 28.6 Å². The van der Waals surface area contributed by atoms with Crippen molar-refractivity contribution in [1.82, 2.24) is 19.5 Å². The van der Waals surface area contributed by atoms with Gasteiger partial charge in [-0.1, -0.05) is 13.0 Å². The summed E-state index contributed by atoms with van der Waals surface area (Å²) < 4.78 is 34.0. The van der Waals surface area contributed by atoms with Crippen LogP contribution in [0.1, 0.15) is 31.2 Å². The van der Waals surface area contributed by atoms with Crippen LogP contribution in [-0.4, -0.2) is 32.2 Å². The highest BCUT2D eigenvalue weighted by atomic mass is 35.5. The van der Waals surface area contributed by atoms with E-state index >= 15 is 0 Å². The van der Waals surface area contributed by atoms with Gasteiger partial charge in [-0.15, -0.1) is 12.4 Å². The molecule has 1 aromatic carbocycles. The molecule has 2 atom stereocenters. The molecule has 0 aliphatic heterocycles. The van der Waals surface area contributed by atoms with E-state index < -0.39 is 11.6 Å². The van der Waals surface area contributed by atoms with Gasteiger partial charge in [0, 0.05) is 19.0 Å². The number of hydrogen-bond donors (Lipinski definition) is 1. The minimum Gasteiger partial charge on any atom is -0.463 e. The zero-order chi connectivity index (χ0) is 18.3. The molecular weight excluding hydrogens is 376 g/mol. The average Bonchev–Trinajstić information content (AvgIpc) is 3.29. The molecule has 6 nitrogen and oxygen atoms in total. The topological polar surface area (TPSA) is 64.9 Å². The van der Waals surface area contributed by atoms with E-state index in [0.29, 0.717) is 29.6 Å². The maximum absolute atomic E-state index is 13.5. The Balaban J connectivity index is 0.00000210. The number of rotatable bonds is 6. The third-order valence-corrected chi connectivity index (χ3v) is 4.46. The van der Waals surface area contributed by atoms with Crippen molar-refractivity contribution in [2.75, 3.05) is 11.9 Å². The maximum Gasteiger partial charge on any atom is 0.320 e. The van der Waals surface area contributed by atoms with E-state index in [9.17, 15) is 8.78 Å². The lowest BCUT2D eigenvalue weighted by Gasteiger charge is -2.09. The molecule has 3 aromatic rings. The maximum atomic E-state index is 13.5. The van der Waals surface area contributed by atoms with Crippen molar-refractivity contribution in [3.05, 3.63) is 41.7 Å². The number of nitrogens with zero attached hydrogens (tertiary/aromatic N) is 4. The van der Waals surface area contributed by atoms with E-state index in [4.69, 9.17) is 4.74 Å². The fourth-order valence-corrected chi connectivity index (χ4v) is 2.99. The first-order valence-corrected chi connectivity index (χ1v) is 8.60. The van der Waals surface area contributed by atoms with Crippen LogP contribution < -0.4 is 10.1 Å². The molecule has 1 aliphatic rings. The smallest absolute Gasteiger partial charge is 0.320 e. The molecule has 9 heteroatoms. The molecule has 0 saturated heterocycles. The Kier molecular flexibility index (Phi) is 5.46. The molecule has 0 unspecified atom stereocenters. The molecule has 1 saturated carbocycles. The second-order valence-electron chi connectivity index (χ2n) is 6.50. The molecule has 27 heavy (non-hydrogen) atoms. The van der Waals surface area contributed by atoms with Crippen LogP contribution in [-0.2, 0) is 7.05 Å². The third kappa shape index (κ3) is 3.80. The van der Waals surface area contributed by atoms with E-state index in [1.54, 1.807) is 17.0 Å². The molecule has 1 N–H and O–H groups in total. The number of fused-ring (bicyclic) bond motifs is 1. The molecule has 0 spiro atoms. The van der Waals surface area contributed by atoms with Gasteiger partial charge in [0.05, 0.1) is 12.9 Å². The van der Waals surface area contributed by atoms with Gasteiger partial charge >= 0.3 is 6.01 Å². The van der Waals surface area contributed by atoms with Gasteiger partial charge in [-0.2, -0.15) is 9.97 Å². The lowest BCUT2D eigenvalue weighted by Crippen LogP contribution is -2.09. The van der Waals surface area contributed by atoms with E-state index in [0.717, 1.165) is 18.4 Å². The second-order valence-corrected chi connectivity index (χ2v) is 6.50. The van der Waals surface area contributed by atoms with Crippen molar-refractivity contribution in [2.45, 2.75) is 31.7 Å². The minimum atomic E-state index is -0.831. The monoisotopic (exact) mass is 395 g/mol. The summed E-state index contributed by atoms with van der Waals surface area (Å²) >= 11 is 0. The Bertz CT molecular complexity index is 964. The minimum absolute atomic E-state index is 0. The van der Waals surface area contributed by atoms with Crippen LogP contribution in [0.15, 0.2) is 24.5 Å². The highest BCUT2D eigenvalue weighted by Crippen LogP contribution is 2.43. The number of benzene rings is 1. The molecule has 0 bridgehead atoms. The standard InChI is InChI=1S/C18H19F2N5O.ClH/c1-3-6-26-18-23-16(15-17(24-18)25(2)9-21-15)22-14-8-11(14)10-4-5-12(19)13(20)7-10;/h4-5,7,9,11,14H,3,6,8H2,1-2H3,(H,22,23,24);1H/t11-,14+;/m0./s1. The zero-order valence-corrected chi connectivity index (χ0v) is 15.8. The van der Waals surface area contributed by atoms with Gasteiger partial charge in [0.25, 0.3) is 0 Å². The van der Waals surface area contributed by atoms with Gasteiger partial charge in [-0.3, -0.25) is 0 Å². The molecule has 0 radical (unpaired) electrons. The first-order valence-electron chi connectivity index (χ1n) is 8.60. The summed E-state index contributed by atoms with van der Waals surface area (Å²) in [5.74, 6) is -0.948. The Morgan fingerprint density at radius 2 is 2.07 bits per heavy atom. The SMILES string of the molecule is CCCOc1nc(N[C@@H]2C[C@H]2c2ccc(F)c(F)c2)c2ncn(C)c2n1.Cl. The molecule has 4 rings (SSSR count). The number of aromatic nitrogens is 4. The first kappa shape index (κ1) is 19.3. The number of ether oxygens (including phenoxy) is 1. The predicted octanol–water partition coefficient (Wildman–Crippen LogP) is 3.82. The summed E-state index contributed by atoms with van der Waals surface area (Å²) in [6, 6.07) is 4.43. The van der Waals surface area contributed by atoms with Crippen molar-refractivity contribution in [2.24, 2.45) is 7.05 Å². The van der Waals surface area contributed by atoms with Gasteiger partial charge in [0.1, 0.15) is 0 Å². The number of hydrogen-bond acceptors (Lipinski definition) is 5. The highest BCUT2D eigenvalue weighted by molar-refractivity contribution is 5.85. The fraction of sp³-hybridized carbons (Fsp3) is 0.389. The van der Waals surface area contributed by atoms with Gasteiger partial charge in [-0.05, 0) is 30.5 Å². The van der Waals surface area contributed by atoms with Crippen LogP contribution in [0.5, 0.6) is 6.01 Å². The summed E-state index contributed by atoms with van der Waals surface area (Å²) in [6.07, 6.45) is 3.35. The lowest BCUT2D eigenvalue weighted by molar-refractivity contribution is 0.293. The second kappa shape index (κ2) is 7.64. The van der Waals surface area contributed by atoms with Crippen LogP contribution >= 0.6 is 12.4 Å². The van der Waals surface area contributed by atoms with Gasteiger partial charge in [-0.25, -0.2) is 13.8 Å². The molecule has 1 aliphatic carbocycles. The van der Waals surface area contributed by atoms with E-state index in [2.05, 4.69) is 20.3 Å². The lowest BCUT2D eigenvalue weighted by atomic mass is 10.1. The Hall–Kier alpha value is -2.48. The summed E-state index contributed by atoms with van der Waals surface area (Å²) in [4.78, 5) is 13.2. The third-order valence-electron chi connectivity index (χ3n) is 4.46. The van der Waals surface area contributed by atoms with E-state index in [-0.39, 0.29) is 24.4 Å². The summed E-state index contributed by atoms with van der Waals surface area (Å²) in [6.45, 7) is 2.54. The first-order chi connectivity index (χ1) is 12.6. The van der Waals surface area contributed by atoms with Gasteiger partial charge in [0.2, 0.25) is 0 Å². The van der Waals surface area contributed by atoms with Crippen LogP contribution in [0.25, 0.3) is 11.2 Å². The normalized spacial score (nSPS) is 18.2. The van der Waals surface area contributed by atoms with Crippen molar-refractivity contribution >= 4 is 29.4 Å². The predicted molar refractivity (Wildman–Crippen MR) is 100 cm³/mol. The molecule has 2 aromatic heterocycles. The van der Waals surface area contributed by atoms with E-state index in [1.165, 1.54) is 12.1 Å². The molecule has 1 fully saturated rings. The average molecular weight is 396 g/mol.